The first-order valence-electron chi connectivity index (χ1n) is 8.60. The van der Waals surface area contributed by atoms with E-state index >= 15 is 0 Å². The number of esters is 1. The van der Waals surface area contributed by atoms with Crippen molar-refractivity contribution in [2.75, 3.05) is 19.7 Å². The predicted octanol–water partition coefficient (Wildman–Crippen LogP) is -0.636. The molecule has 1 aliphatic rings. The Bertz CT molecular complexity index is 575. The Labute approximate surface area is 177 Å². The van der Waals surface area contributed by atoms with Gasteiger partial charge in [-0.3, -0.25) is 24.2 Å². The van der Waals surface area contributed by atoms with Crippen LogP contribution >= 0.6 is 34.8 Å². The van der Waals surface area contributed by atoms with E-state index in [0.29, 0.717) is 25.8 Å². The largest absolute Gasteiger partial charge is 0.460 e. The van der Waals surface area contributed by atoms with Crippen molar-refractivity contribution in [2.24, 2.45) is 5.73 Å². The molecule has 1 rings (SSSR count). The Morgan fingerprint density at radius 2 is 2.07 bits per heavy atom. The van der Waals surface area contributed by atoms with Gasteiger partial charge in [0.1, 0.15) is 24.7 Å². The average molecular weight is 461 g/mol. The van der Waals surface area contributed by atoms with Crippen molar-refractivity contribution in [1.29, 1.82) is 0 Å². The molecule has 1 fully saturated rings. The molecule has 3 unspecified atom stereocenters. The van der Waals surface area contributed by atoms with Crippen LogP contribution in [0.5, 0.6) is 0 Å². The van der Waals surface area contributed by atoms with Crippen molar-refractivity contribution in [1.82, 2.24) is 21.1 Å². The summed E-state index contributed by atoms with van der Waals surface area (Å²) >= 11 is 16.6. The summed E-state index contributed by atoms with van der Waals surface area (Å²) in [7, 11) is 0. The fourth-order valence-corrected chi connectivity index (χ4v) is 2.68. The maximum absolute atomic E-state index is 12.6. The van der Waals surface area contributed by atoms with E-state index < -0.39 is 46.3 Å². The summed E-state index contributed by atoms with van der Waals surface area (Å²) in [6, 6.07) is -2.52. The van der Waals surface area contributed by atoms with Gasteiger partial charge in [0.25, 0.3) is 5.91 Å². The first kappa shape index (κ1) is 24.7. The van der Waals surface area contributed by atoms with Crippen LogP contribution in [0.15, 0.2) is 0 Å². The molecule has 160 valence electrons. The minimum atomic E-state index is -1.73. The zero-order valence-corrected chi connectivity index (χ0v) is 17.5. The summed E-state index contributed by atoms with van der Waals surface area (Å²) < 4.78 is 3.20. The van der Waals surface area contributed by atoms with Crippen molar-refractivity contribution in [3.05, 3.63) is 0 Å². The van der Waals surface area contributed by atoms with E-state index in [1.165, 1.54) is 11.9 Å². The summed E-state index contributed by atoms with van der Waals surface area (Å²) in [5.41, 5.74) is 8.17. The van der Waals surface area contributed by atoms with E-state index in [1.807, 2.05) is 0 Å². The molecule has 0 spiro atoms. The molecule has 0 aromatic carbocycles. The Hall–Kier alpha value is -1.33. The molecule has 0 aromatic heterocycles. The van der Waals surface area contributed by atoms with Gasteiger partial charge in [0, 0.05) is 6.54 Å². The van der Waals surface area contributed by atoms with Crippen LogP contribution in [0.4, 0.5) is 0 Å². The van der Waals surface area contributed by atoms with Crippen molar-refractivity contribution >= 4 is 59.0 Å². The normalized spacial score (nSPS) is 19.3. The molecule has 13 heteroatoms. The highest BCUT2D eigenvalue weighted by atomic mass is 35.6. The number of nitrogens with one attached hydrogen (secondary N) is 3. The van der Waals surface area contributed by atoms with Crippen LogP contribution in [0.3, 0.4) is 0 Å². The first-order valence-corrected chi connectivity index (χ1v) is 9.73. The third-order valence-electron chi connectivity index (χ3n) is 3.89. The number of hydrogen-bond donors (Lipinski definition) is 4. The van der Waals surface area contributed by atoms with Crippen molar-refractivity contribution in [2.45, 2.75) is 48.1 Å². The standard InChI is InChI=1S/C15H24Cl3N5O5/c1-9(21-12(25)10(4-5-19)20-8-24)13(26)23-6-2-3-11(22-23)14(27)28-7-15(16,17)18/h8-11,22H,2-7,19H2,1H3,(H,20,24)(H,21,25). The van der Waals surface area contributed by atoms with E-state index in [4.69, 9.17) is 45.3 Å². The van der Waals surface area contributed by atoms with E-state index in [-0.39, 0.29) is 13.0 Å². The van der Waals surface area contributed by atoms with Gasteiger partial charge < -0.3 is 21.1 Å². The van der Waals surface area contributed by atoms with Gasteiger partial charge in [-0.2, -0.15) is 0 Å². The smallest absolute Gasteiger partial charge is 0.325 e. The molecule has 3 amide bonds. The number of amides is 3. The Kier molecular flexibility index (Phi) is 10.3. The average Bonchev–Trinajstić information content (AvgIpc) is 2.64. The summed E-state index contributed by atoms with van der Waals surface area (Å²) in [6.07, 6.45) is 1.59. The van der Waals surface area contributed by atoms with E-state index in [9.17, 15) is 19.2 Å². The van der Waals surface area contributed by atoms with Crippen LogP contribution in [0.2, 0.25) is 0 Å². The molecule has 0 radical (unpaired) electrons. The molecule has 28 heavy (non-hydrogen) atoms. The summed E-state index contributed by atoms with van der Waals surface area (Å²) in [5, 5.41) is 6.11. The summed E-state index contributed by atoms with van der Waals surface area (Å²) in [4.78, 5) is 47.4. The molecule has 5 N–H and O–H groups in total. The van der Waals surface area contributed by atoms with E-state index in [0.717, 1.165) is 0 Å². The second kappa shape index (κ2) is 11.6. The number of alkyl halides is 3. The molecule has 3 atom stereocenters. The zero-order chi connectivity index (χ0) is 21.3. The quantitative estimate of drug-likeness (QED) is 0.204. The number of hydrazine groups is 1. The minimum Gasteiger partial charge on any atom is -0.460 e. The maximum atomic E-state index is 12.6. The van der Waals surface area contributed by atoms with Gasteiger partial charge in [-0.15, -0.1) is 0 Å². The van der Waals surface area contributed by atoms with Crippen LogP contribution in [-0.2, 0) is 23.9 Å². The second-order valence-electron chi connectivity index (χ2n) is 6.18. The number of halogens is 3. The summed E-state index contributed by atoms with van der Waals surface area (Å²) in [6.45, 7) is 1.60. The molecule has 0 saturated carbocycles. The number of nitrogens with zero attached hydrogens (tertiary/aromatic N) is 1. The van der Waals surface area contributed by atoms with Crippen LogP contribution < -0.4 is 21.8 Å². The maximum Gasteiger partial charge on any atom is 0.325 e. The molecule has 0 aromatic rings. The Morgan fingerprint density at radius 1 is 1.39 bits per heavy atom. The minimum absolute atomic E-state index is 0.187. The number of rotatable bonds is 9. The van der Waals surface area contributed by atoms with Gasteiger partial charge in [0.05, 0.1) is 0 Å². The molecule has 1 aliphatic heterocycles. The number of nitrogens with two attached hydrogens (primary N) is 1. The highest BCUT2D eigenvalue weighted by Crippen LogP contribution is 2.26. The zero-order valence-electron chi connectivity index (χ0n) is 15.3. The van der Waals surface area contributed by atoms with E-state index in [1.54, 1.807) is 0 Å². The molecular weight excluding hydrogens is 437 g/mol. The molecule has 0 bridgehead atoms. The fourth-order valence-electron chi connectivity index (χ4n) is 2.52. The van der Waals surface area contributed by atoms with Crippen LogP contribution in [0.1, 0.15) is 26.2 Å². The number of ether oxygens (including phenoxy) is 1. The van der Waals surface area contributed by atoms with Gasteiger partial charge in [0.2, 0.25) is 16.1 Å². The topological polar surface area (TPSA) is 143 Å². The lowest BCUT2D eigenvalue weighted by atomic mass is 10.1. The molecular formula is C15H24Cl3N5O5. The van der Waals surface area contributed by atoms with Gasteiger partial charge in [-0.1, -0.05) is 34.8 Å². The third kappa shape index (κ3) is 8.36. The lowest BCUT2D eigenvalue weighted by molar-refractivity contribution is -0.152. The fraction of sp³-hybridized carbons (Fsp3) is 0.733. The monoisotopic (exact) mass is 459 g/mol. The van der Waals surface area contributed by atoms with E-state index in [2.05, 4.69) is 16.1 Å². The SMILES string of the molecule is CC(NC(=O)C(CCN)NC=O)C(=O)N1CCCC(C(=O)OCC(Cl)(Cl)Cl)N1. The highest BCUT2D eigenvalue weighted by molar-refractivity contribution is 6.67. The number of carbonyl (C=O) groups excluding carboxylic acids is 4. The van der Waals surface area contributed by atoms with Crippen LogP contribution in [0.25, 0.3) is 0 Å². The van der Waals surface area contributed by atoms with Gasteiger partial charge in [-0.05, 0) is 32.7 Å². The lowest BCUT2D eigenvalue weighted by Gasteiger charge is -2.34. The third-order valence-corrected chi connectivity index (χ3v) is 4.21. The Balaban J connectivity index is 2.61. The molecule has 1 saturated heterocycles. The first-order chi connectivity index (χ1) is 13.1. The van der Waals surface area contributed by atoms with Gasteiger partial charge in [0.15, 0.2) is 0 Å². The second-order valence-corrected chi connectivity index (χ2v) is 8.70. The van der Waals surface area contributed by atoms with Crippen molar-refractivity contribution in [3.63, 3.8) is 0 Å². The highest BCUT2D eigenvalue weighted by Gasteiger charge is 2.33. The number of hydrogen-bond acceptors (Lipinski definition) is 7. The van der Waals surface area contributed by atoms with Crippen molar-refractivity contribution in [3.8, 4) is 0 Å². The summed E-state index contributed by atoms with van der Waals surface area (Å²) in [5.74, 6) is -1.64. The van der Waals surface area contributed by atoms with Crippen LogP contribution in [-0.4, -0.2) is 70.8 Å². The predicted molar refractivity (Wildman–Crippen MR) is 103 cm³/mol. The lowest BCUT2D eigenvalue weighted by Crippen LogP contribution is -2.60. The number of carbonyl (C=O) groups is 4. The Morgan fingerprint density at radius 3 is 2.64 bits per heavy atom. The van der Waals surface area contributed by atoms with Gasteiger partial charge in [-0.25, -0.2) is 5.43 Å². The molecule has 10 nitrogen and oxygen atoms in total. The van der Waals surface area contributed by atoms with Crippen molar-refractivity contribution < 1.29 is 23.9 Å². The molecule has 0 aliphatic carbocycles. The van der Waals surface area contributed by atoms with Gasteiger partial charge >= 0.3 is 5.97 Å². The molecule has 1 heterocycles. The van der Waals surface area contributed by atoms with Crippen LogP contribution in [0, 0.1) is 0 Å².